The van der Waals surface area contributed by atoms with Gasteiger partial charge in [0, 0.05) is 6.20 Å². The topological polar surface area (TPSA) is 68.5 Å². The van der Waals surface area contributed by atoms with Crippen LogP contribution in [0.2, 0.25) is 0 Å². The van der Waals surface area contributed by atoms with E-state index in [0.29, 0.717) is 12.3 Å². The summed E-state index contributed by atoms with van der Waals surface area (Å²) in [4.78, 5) is 12.5. The van der Waals surface area contributed by atoms with E-state index in [-0.39, 0.29) is 5.91 Å². The molecule has 3 heterocycles. The molecule has 0 unspecified atom stereocenters. The van der Waals surface area contributed by atoms with Gasteiger partial charge in [0.15, 0.2) is 11.8 Å². The first-order valence-corrected chi connectivity index (χ1v) is 7.11. The molecular weight excluding hydrogens is 280 g/mol. The number of carbonyl (C=O) groups excluding carboxylic acids is 1. The zero-order valence-electron chi connectivity index (χ0n) is 11.8. The zero-order valence-corrected chi connectivity index (χ0v) is 11.8. The molecule has 3 aromatic rings. The summed E-state index contributed by atoms with van der Waals surface area (Å²) >= 11 is 0. The second-order valence-corrected chi connectivity index (χ2v) is 5.20. The maximum atomic E-state index is 12.5. The van der Waals surface area contributed by atoms with Crippen LogP contribution in [0.15, 0.2) is 48.9 Å². The number of carbonyl (C=O) groups is 1. The minimum absolute atomic E-state index is 0.167. The Morgan fingerprint density at radius 2 is 2.18 bits per heavy atom. The molecule has 0 saturated heterocycles. The largest absolute Gasteiger partial charge is 0.363 e. The van der Waals surface area contributed by atoms with E-state index >= 15 is 0 Å². The number of aromatic nitrogens is 3. The molecule has 1 N–H and O–H groups in total. The highest BCUT2D eigenvalue weighted by molar-refractivity contribution is 5.95. The summed E-state index contributed by atoms with van der Waals surface area (Å²) in [7, 11) is 0. The van der Waals surface area contributed by atoms with Gasteiger partial charge in [0.2, 0.25) is 0 Å². The fourth-order valence-corrected chi connectivity index (χ4v) is 2.72. The number of nitrogens with zero attached hydrogens (tertiary/aromatic N) is 3. The fourth-order valence-electron chi connectivity index (χ4n) is 2.72. The lowest BCUT2D eigenvalue weighted by molar-refractivity contribution is -0.128. The number of rotatable bonds is 2. The molecule has 2 aromatic heterocycles. The minimum Gasteiger partial charge on any atom is -0.363 e. The number of amides is 1. The summed E-state index contributed by atoms with van der Waals surface area (Å²) < 4.78 is 7.42. The Balaban J connectivity index is 1.60. The Labute approximate surface area is 126 Å². The van der Waals surface area contributed by atoms with Gasteiger partial charge in [-0.2, -0.15) is 0 Å². The maximum absolute atomic E-state index is 12.5. The molecule has 4 rings (SSSR count). The van der Waals surface area contributed by atoms with E-state index in [0.717, 1.165) is 17.6 Å². The van der Waals surface area contributed by atoms with Crippen molar-refractivity contribution < 1.29 is 9.53 Å². The second kappa shape index (κ2) is 5.23. The smallest absolute Gasteiger partial charge is 0.258 e. The number of hydrogen-bond donors (Lipinski definition) is 1. The molecule has 1 atom stereocenters. The highest BCUT2D eigenvalue weighted by atomic mass is 16.5. The van der Waals surface area contributed by atoms with Crippen LogP contribution in [0.3, 0.4) is 0 Å². The molecule has 1 aromatic carbocycles. The third-order valence-corrected chi connectivity index (χ3v) is 3.79. The predicted octanol–water partition coefficient (Wildman–Crippen LogP) is 1.98. The molecule has 1 aliphatic rings. The fraction of sp³-hybridized carbons (Fsp3) is 0.188. The van der Waals surface area contributed by atoms with E-state index in [1.54, 1.807) is 29.1 Å². The number of hydrogen-bond acceptors (Lipinski definition) is 4. The van der Waals surface area contributed by atoms with Crippen LogP contribution in [0.5, 0.6) is 0 Å². The van der Waals surface area contributed by atoms with Crippen molar-refractivity contribution in [2.75, 3.05) is 11.9 Å². The van der Waals surface area contributed by atoms with Crippen LogP contribution in [0.25, 0.3) is 5.65 Å². The van der Waals surface area contributed by atoms with E-state index in [9.17, 15) is 4.79 Å². The van der Waals surface area contributed by atoms with Crippen molar-refractivity contribution in [3.8, 4) is 0 Å². The summed E-state index contributed by atoms with van der Waals surface area (Å²) in [5.74, 6) is -0.167. The Morgan fingerprint density at radius 3 is 3.14 bits per heavy atom. The third-order valence-electron chi connectivity index (χ3n) is 3.79. The summed E-state index contributed by atoms with van der Waals surface area (Å²) in [5.41, 5.74) is 3.53. The normalized spacial score (nSPS) is 17.2. The molecule has 0 aliphatic carbocycles. The van der Waals surface area contributed by atoms with Gasteiger partial charge < -0.3 is 10.1 Å². The van der Waals surface area contributed by atoms with Gasteiger partial charge >= 0.3 is 0 Å². The number of nitrogens with one attached hydrogen (secondary N) is 1. The van der Waals surface area contributed by atoms with Crippen LogP contribution < -0.4 is 5.32 Å². The predicted molar refractivity (Wildman–Crippen MR) is 80.5 cm³/mol. The van der Waals surface area contributed by atoms with Crippen LogP contribution in [0.1, 0.15) is 17.2 Å². The first-order valence-electron chi connectivity index (χ1n) is 7.11. The van der Waals surface area contributed by atoms with Gasteiger partial charge in [-0.3, -0.25) is 9.20 Å². The Bertz CT molecular complexity index is 843. The number of pyridine rings is 1. The molecule has 0 spiro atoms. The molecule has 6 nitrogen and oxygen atoms in total. The average Bonchev–Trinajstić information content (AvgIpc) is 3.02. The standard InChI is InChI=1S/C16H14N4O2/c21-16(15-13-4-2-1-3-11(13)7-8-22-15)18-12-5-6-14-19-17-10-20(14)9-12/h1-6,9-10,15H,7-8H2,(H,18,21)/t15-/m0/s1. The minimum atomic E-state index is -0.568. The number of ether oxygens (including phenoxy) is 1. The van der Waals surface area contributed by atoms with Crippen LogP contribution in [-0.4, -0.2) is 27.1 Å². The summed E-state index contributed by atoms with van der Waals surface area (Å²) in [6.07, 6.45) is 3.65. The van der Waals surface area contributed by atoms with Crippen molar-refractivity contribution in [2.24, 2.45) is 0 Å². The zero-order chi connectivity index (χ0) is 14.9. The lowest BCUT2D eigenvalue weighted by Gasteiger charge is -2.25. The van der Waals surface area contributed by atoms with E-state index in [2.05, 4.69) is 15.5 Å². The van der Waals surface area contributed by atoms with Gasteiger partial charge in [0.1, 0.15) is 6.33 Å². The average molecular weight is 294 g/mol. The lowest BCUT2D eigenvalue weighted by atomic mass is 9.97. The molecule has 0 radical (unpaired) electrons. The van der Waals surface area contributed by atoms with Gasteiger partial charge in [-0.25, -0.2) is 0 Å². The molecule has 1 amide bonds. The Hall–Kier alpha value is -2.73. The number of benzene rings is 1. The molecule has 110 valence electrons. The highest BCUT2D eigenvalue weighted by Crippen LogP contribution is 2.28. The Morgan fingerprint density at radius 1 is 1.27 bits per heavy atom. The molecule has 6 heteroatoms. The quantitative estimate of drug-likeness (QED) is 0.784. The van der Waals surface area contributed by atoms with Crippen molar-refractivity contribution in [2.45, 2.75) is 12.5 Å². The third kappa shape index (κ3) is 2.23. The molecule has 1 aliphatic heterocycles. The number of fused-ring (bicyclic) bond motifs is 2. The summed E-state index contributed by atoms with van der Waals surface area (Å²) in [6, 6.07) is 11.5. The highest BCUT2D eigenvalue weighted by Gasteiger charge is 2.27. The van der Waals surface area contributed by atoms with Crippen LogP contribution in [-0.2, 0) is 16.0 Å². The molecule has 0 saturated carbocycles. The lowest BCUT2D eigenvalue weighted by Crippen LogP contribution is -2.28. The van der Waals surface area contributed by atoms with Crippen molar-refractivity contribution in [3.63, 3.8) is 0 Å². The summed E-state index contributed by atoms with van der Waals surface area (Å²) in [5, 5.41) is 10.6. The van der Waals surface area contributed by atoms with E-state index in [1.165, 1.54) is 5.56 Å². The van der Waals surface area contributed by atoms with E-state index in [4.69, 9.17) is 4.74 Å². The number of anilines is 1. The molecule has 0 fully saturated rings. The Kier molecular flexibility index (Phi) is 3.08. The first kappa shape index (κ1) is 13.0. The van der Waals surface area contributed by atoms with Crippen LogP contribution in [0.4, 0.5) is 5.69 Å². The van der Waals surface area contributed by atoms with E-state index < -0.39 is 6.10 Å². The van der Waals surface area contributed by atoms with E-state index in [1.807, 2.05) is 24.3 Å². The van der Waals surface area contributed by atoms with Crippen molar-refractivity contribution in [3.05, 3.63) is 60.0 Å². The van der Waals surface area contributed by atoms with Crippen LogP contribution in [0, 0.1) is 0 Å². The molecule has 0 bridgehead atoms. The van der Waals surface area contributed by atoms with Gasteiger partial charge in [0.05, 0.1) is 12.3 Å². The van der Waals surface area contributed by atoms with Crippen molar-refractivity contribution >= 4 is 17.2 Å². The SMILES string of the molecule is O=C(Nc1ccc2nncn2c1)[C@H]1OCCc2ccccc21. The molecule has 22 heavy (non-hydrogen) atoms. The van der Waals surface area contributed by atoms with Crippen LogP contribution >= 0.6 is 0 Å². The second-order valence-electron chi connectivity index (χ2n) is 5.20. The van der Waals surface area contributed by atoms with Gasteiger partial charge in [-0.15, -0.1) is 10.2 Å². The van der Waals surface area contributed by atoms with Gasteiger partial charge in [-0.1, -0.05) is 24.3 Å². The van der Waals surface area contributed by atoms with Crippen molar-refractivity contribution in [1.82, 2.24) is 14.6 Å². The summed E-state index contributed by atoms with van der Waals surface area (Å²) in [6.45, 7) is 0.555. The monoisotopic (exact) mass is 294 g/mol. The first-order chi connectivity index (χ1) is 10.8. The van der Waals surface area contributed by atoms with Gasteiger partial charge in [-0.05, 0) is 29.7 Å². The molecular formula is C16H14N4O2. The van der Waals surface area contributed by atoms with Crippen molar-refractivity contribution in [1.29, 1.82) is 0 Å². The maximum Gasteiger partial charge on any atom is 0.258 e. The van der Waals surface area contributed by atoms with Gasteiger partial charge in [0.25, 0.3) is 5.91 Å².